The van der Waals surface area contributed by atoms with Crippen molar-refractivity contribution < 1.29 is 22.4 Å². The van der Waals surface area contributed by atoms with Crippen molar-refractivity contribution in [2.24, 2.45) is 0 Å². The smallest absolute Gasteiger partial charge is 0.321 e. The van der Waals surface area contributed by atoms with Crippen molar-refractivity contribution in [2.75, 3.05) is 16.6 Å². The van der Waals surface area contributed by atoms with Gasteiger partial charge in [-0.25, -0.2) is 17.6 Å². The molecule has 1 atom stereocenters. The number of hydrogen-bond donors (Lipinski definition) is 4. The molecule has 0 aromatic heterocycles. The van der Waals surface area contributed by atoms with E-state index in [1.165, 1.54) is 24.3 Å². The number of carbonyl (C=O) groups is 2. The standard InChI is InChI=1S/C23H23FN4O4S/c1-2-25-23(30)27-22(29)21(16-6-4-3-5-7-16)26-18-10-12-19(13-11-18)28-33(31,32)20-14-8-17(24)9-15-20/h3-15,21,26,28H,2H2,1H3,(H2,25,27,29,30). The van der Waals surface area contributed by atoms with Crippen molar-refractivity contribution in [1.29, 1.82) is 0 Å². The van der Waals surface area contributed by atoms with Gasteiger partial charge in [-0.1, -0.05) is 30.3 Å². The second-order valence-electron chi connectivity index (χ2n) is 6.97. The zero-order chi connectivity index (χ0) is 23.8. The van der Waals surface area contributed by atoms with Crippen molar-refractivity contribution in [3.63, 3.8) is 0 Å². The van der Waals surface area contributed by atoms with E-state index in [0.717, 1.165) is 12.1 Å². The van der Waals surface area contributed by atoms with Gasteiger partial charge in [-0.15, -0.1) is 0 Å². The summed E-state index contributed by atoms with van der Waals surface area (Å²) < 4.78 is 40.4. The Morgan fingerprint density at radius 3 is 2.09 bits per heavy atom. The highest BCUT2D eigenvalue weighted by Crippen LogP contribution is 2.23. The summed E-state index contributed by atoms with van der Waals surface area (Å²) in [7, 11) is -3.89. The van der Waals surface area contributed by atoms with Crippen molar-refractivity contribution in [3.8, 4) is 0 Å². The largest absolute Gasteiger partial charge is 0.370 e. The SMILES string of the molecule is CCNC(=O)NC(=O)C(Nc1ccc(NS(=O)(=O)c2ccc(F)cc2)cc1)c1ccccc1. The summed E-state index contributed by atoms with van der Waals surface area (Å²) >= 11 is 0. The Kier molecular flexibility index (Phi) is 7.62. The van der Waals surface area contributed by atoms with Gasteiger partial charge in [-0.2, -0.15) is 0 Å². The highest BCUT2D eigenvalue weighted by atomic mass is 32.2. The summed E-state index contributed by atoms with van der Waals surface area (Å²) in [6, 6.07) is 18.1. The predicted octanol–water partition coefficient (Wildman–Crippen LogP) is 3.63. The molecule has 0 radical (unpaired) electrons. The third-order valence-corrected chi connectivity index (χ3v) is 5.94. The molecule has 0 saturated carbocycles. The fraction of sp³-hybridized carbons (Fsp3) is 0.130. The first-order valence-electron chi connectivity index (χ1n) is 10.1. The number of sulfonamides is 1. The fourth-order valence-electron chi connectivity index (χ4n) is 2.96. The average Bonchev–Trinajstić information content (AvgIpc) is 2.79. The lowest BCUT2D eigenvalue weighted by molar-refractivity contribution is -0.120. The Bertz CT molecular complexity index is 1200. The second-order valence-corrected chi connectivity index (χ2v) is 8.66. The van der Waals surface area contributed by atoms with Crippen LogP contribution in [0, 0.1) is 5.82 Å². The normalized spacial score (nSPS) is 11.8. The molecule has 3 aromatic carbocycles. The first kappa shape index (κ1) is 23.7. The molecule has 3 aromatic rings. The van der Waals surface area contributed by atoms with E-state index in [0.29, 0.717) is 17.8 Å². The van der Waals surface area contributed by atoms with Crippen molar-refractivity contribution >= 4 is 33.3 Å². The van der Waals surface area contributed by atoms with Crippen LogP contribution < -0.4 is 20.7 Å². The molecular weight excluding hydrogens is 447 g/mol. The van der Waals surface area contributed by atoms with Gasteiger partial charge in [-0.05, 0) is 61.0 Å². The van der Waals surface area contributed by atoms with Crippen LogP contribution in [0.3, 0.4) is 0 Å². The van der Waals surface area contributed by atoms with E-state index >= 15 is 0 Å². The minimum Gasteiger partial charge on any atom is -0.370 e. The third-order valence-electron chi connectivity index (χ3n) is 4.54. The first-order chi connectivity index (χ1) is 15.8. The zero-order valence-electron chi connectivity index (χ0n) is 17.7. The van der Waals surface area contributed by atoms with Gasteiger partial charge in [0.15, 0.2) is 0 Å². The number of anilines is 2. The van der Waals surface area contributed by atoms with Gasteiger partial charge in [0.25, 0.3) is 15.9 Å². The fourth-order valence-corrected chi connectivity index (χ4v) is 4.02. The molecule has 0 saturated heterocycles. The molecule has 1 unspecified atom stereocenters. The van der Waals surface area contributed by atoms with Gasteiger partial charge >= 0.3 is 6.03 Å². The lowest BCUT2D eigenvalue weighted by Gasteiger charge is -2.20. The van der Waals surface area contributed by atoms with Crippen LogP contribution in [0.2, 0.25) is 0 Å². The van der Waals surface area contributed by atoms with Crippen LogP contribution in [0.5, 0.6) is 0 Å². The molecule has 0 fully saturated rings. The van der Waals surface area contributed by atoms with Crippen LogP contribution in [-0.4, -0.2) is 26.9 Å². The Morgan fingerprint density at radius 2 is 1.48 bits per heavy atom. The Labute approximate surface area is 191 Å². The van der Waals surface area contributed by atoms with E-state index in [-0.39, 0.29) is 10.6 Å². The van der Waals surface area contributed by atoms with Gasteiger partial charge in [-0.3, -0.25) is 14.8 Å². The highest BCUT2D eigenvalue weighted by Gasteiger charge is 2.22. The number of benzene rings is 3. The molecule has 172 valence electrons. The molecule has 0 spiro atoms. The Balaban J connectivity index is 1.75. The number of carbonyl (C=O) groups excluding carboxylic acids is 2. The molecule has 0 aliphatic heterocycles. The third kappa shape index (κ3) is 6.53. The molecule has 0 aliphatic carbocycles. The highest BCUT2D eigenvalue weighted by molar-refractivity contribution is 7.92. The molecule has 0 bridgehead atoms. The topological polar surface area (TPSA) is 116 Å². The first-order valence-corrected chi connectivity index (χ1v) is 11.6. The minimum absolute atomic E-state index is 0.0720. The molecular formula is C23H23FN4O4S. The van der Waals surface area contributed by atoms with E-state index in [2.05, 4.69) is 20.7 Å². The van der Waals surface area contributed by atoms with E-state index in [9.17, 15) is 22.4 Å². The predicted molar refractivity (Wildman–Crippen MR) is 124 cm³/mol. The van der Waals surface area contributed by atoms with Gasteiger partial charge < -0.3 is 10.6 Å². The monoisotopic (exact) mass is 470 g/mol. The molecule has 10 heteroatoms. The van der Waals surface area contributed by atoms with E-state index in [1.807, 2.05) is 6.07 Å². The molecule has 3 amide bonds. The average molecular weight is 471 g/mol. The number of halogens is 1. The Hall–Kier alpha value is -3.92. The van der Waals surface area contributed by atoms with E-state index in [1.54, 1.807) is 43.3 Å². The summed E-state index contributed by atoms with van der Waals surface area (Å²) in [5, 5.41) is 7.86. The number of amides is 3. The number of urea groups is 1. The molecule has 3 rings (SSSR count). The summed E-state index contributed by atoms with van der Waals surface area (Å²) in [5.74, 6) is -1.08. The van der Waals surface area contributed by atoms with Gasteiger partial charge in [0.1, 0.15) is 11.9 Å². The van der Waals surface area contributed by atoms with Crippen molar-refractivity contribution in [2.45, 2.75) is 17.9 Å². The maximum atomic E-state index is 13.1. The van der Waals surface area contributed by atoms with Crippen LogP contribution >= 0.6 is 0 Å². The summed E-state index contributed by atoms with van der Waals surface area (Å²) in [4.78, 5) is 24.4. The molecule has 4 N–H and O–H groups in total. The maximum Gasteiger partial charge on any atom is 0.321 e. The van der Waals surface area contributed by atoms with E-state index < -0.39 is 33.8 Å². The van der Waals surface area contributed by atoms with E-state index in [4.69, 9.17) is 0 Å². The summed E-state index contributed by atoms with van der Waals surface area (Å²) in [6.45, 7) is 2.11. The van der Waals surface area contributed by atoms with Gasteiger partial charge in [0.05, 0.1) is 4.90 Å². The van der Waals surface area contributed by atoms with Crippen LogP contribution in [0.15, 0.2) is 83.8 Å². The Morgan fingerprint density at radius 1 is 0.879 bits per heavy atom. The lowest BCUT2D eigenvalue weighted by Crippen LogP contribution is -2.43. The molecule has 33 heavy (non-hydrogen) atoms. The van der Waals surface area contributed by atoms with Crippen molar-refractivity contribution in [1.82, 2.24) is 10.6 Å². The van der Waals surface area contributed by atoms with Crippen LogP contribution in [0.1, 0.15) is 18.5 Å². The van der Waals surface area contributed by atoms with Crippen LogP contribution in [-0.2, 0) is 14.8 Å². The molecule has 0 aliphatic rings. The quantitative estimate of drug-likeness (QED) is 0.401. The van der Waals surface area contributed by atoms with Crippen LogP contribution in [0.25, 0.3) is 0 Å². The van der Waals surface area contributed by atoms with Gasteiger partial charge in [0.2, 0.25) is 0 Å². The second kappa shape index (κ2) is 10.6. The minimum atomic E-state index is -3.89. The molecule has 0 heterocycles. The maximum absolute atomic E-state index is 13.1. The summed E-state index contributed by atoms with van der Waals surface area (Å²) in [6.07, 6.45) is 0. The number of nitrogens with one attached hydrogen (secondary N) is 4. The zero-order valence-corrected chi connectivity index (χ0v) is 18.5. The van der Waals surface area contributed by atoms with Crippen LogP contribution in [0.4, 0.5) is 20.6 Å². The lowest BCUT2D eigenvalue weighted by atomic mass is 10.1. The summed E-state index contributed by atoms with van der Waals surface area (Å²) in [5.41, 5.74) is 1.45. The van der Waals surface area contributed by atoms with Crippen molar-refractivity contribution in [3.05, 3.63) is 90.2 Å². The number of imide groups is 1. The number of rotatable bonds is 8. The van der Waals surface area contributed by atoms with Gasteiger partial charge in [0, 0.05) is 17.9 Å². The molecule has 8 nitrogen and oxygen atoms in total. The number of hydrogen-bond acceptors (Lipinski definition) is 5.